The predicted molar refractivity (Wildman–Crippen MR) is 182 cm³/mol. The van der Waals surface area contributed by atoms with Crippen LogP contribution in [0.15, 0.2) is 66.7 Å². The lowest BCUT2D eigenvalue weighted by Crippen LogP contribution is -2.43. The molecular formula is C34H39ClFN3O5SSi. The molecule has 3 aromatic carbocycles. The van der Waals surface area contributed by atoms with E-state index in [1.54, 1.807) is 9.21 Å². The largest absolute Gasteiger partial charge is 0.490 e. The molecule has 0 bridgehead atoms. The van der Waals surface area contributed by atoms with Gasteiger partial charge in [0, 0.05) is 49.3 Å². The molecule has 12 heteroatoms. The summed E-state index contributed by atoms with van der Waals surface area (Å²) in [4.78, 5) is 18.7. The summed E-state index contributed by atoms with van der Waals surface area (Å²) >= 11 is 6.34. The van der Waals surface area contributed by atoms with E-state index in [0.29, 0.717) is 49.7 Å². The fourth-order valence-electron chi connectivity index (χ4n) is 6.18. The zero-order valence-electron chi connectivity index (χ0n) is 26.3. The maximum atomic E-state index is 13.5. The van der Waals surface area contributed by atoms with Crippen LogP contribution in [-0.2, 0) is 16.4 Å². The number of ether oxygens (including phenoxy) is 2. The topological polar surface area (TPSA) is 91.9 Å². The highest BCUT2D eigenvalue weighted by molar-refractivity contribution is 7.89. The van der Waals surface area contributed by atoms with Crippen LogP contribution in [0.3, 0.4) is 0 Å². The van der Waals surface area contributed by atoms with Crippen molar-refractivity contribution in [2.24, 2.45) is 0 Å². The first-order valence-corrected chi connectivity index (χ1v) is 21.3. The quantitative estimate of drug-likeness (QED) is 0.193. The summed E-state index contributed by atoms with van der Waals surface area (Å²) in [5, 5.41) is 1.66. The number of benzene rings is 3. The molecule has 0 aliphatic carbocycles. The van der Waals surface area contributed by atoms with Crippen LogP contribution in [0.25, 0.3) is 10.9 Å². The van der Waals surface area contributed by atoms with Gasteiger partial charge >= 0.3 is 6.09 Å². The Morgan fingerprint density at radius 2 is 1.65 bits per heavy atom. The van der Waals surface area contributed by atoms with Crippen LogP contribution in [0.2, 0.25) is 30.7 Å². The maximum absolute atomic E-state index is 13.5. The highest BCUT2D eigenvalue weighted by Crippen LogP contribution is 2.40. The number of fused-ring (bicyclic) bond motifs is 3. The SMILES string of the molecule is C[Si](C)(C)CCS(=O)(=O)N1CCC(Oc2ccc([C@H]3c4[nH]c5ccc(Cl)cc5c4CCN3C(=O)Oc3ccc(F)cc3)cc2)CC1. The average molecular weight is 684 g/mol. The number of amides is 1. The molecule has 6 rings (SSSR count). The average Bonchev–Trinajstić information content (AvgIpc) is 3.39. The molecule has 0 unspecified atom stereocenters. The predicted octanol–water partition coefficient (Wildman–Crippen LogP) is 7.62. The van der Waals surface area contributed by atoms with E-state index in [0.717, 1.165) is 33.8 Å². The third kappa shape index (κ3) is 7.27. The molecule has 1 amide bonds. The molecule has 0 radical (unpaired) electrons. The second-order valence-electron chi connectivity index (χ2n) is 13.3. The third-order valence-corrected chi connectivity index (χ3v) is 13.0. The summed E-state index contributed by atoms with van der Waals surface area (Å²) in [5.74, 6) is 0.755. The molecule has 1 fully saturated rings. The minimum atomic E-state index is -3.26. The highest BCUT2D eigenvalue weighted by Gasteiger charge is 2.36. The van der Waals surface area contributed by atoms with Gasteiger partial charge in [0.25, 0.3) is 0 Å². The van der Waals surface area contributed by atoms with Gasteiger partial charge in [0.15, 0.2) is 0 Å². The summed E-state index contributed by atoms with van der Waals surface area (Å²) in [7, 11) is -4.71. The van der Waals surface area contributed by atoms with E-state index in [-0.39, 0.29) is 17.6 Å². The summed E-state index contributed by atoms with van der Waals surface area (Å²) in [6.45, 7) is 7.89. The Labute approximate surface area is 275 Å². The summed E-state index contributed by atoms with van der Waals surface area (Å²) < 4.78 is 52.8. The first kappa shape index (κ1) is 32.6. The molecule has 2 aliphatic rings. The Morgan fingerprint density at radius 3 is 2.33 bits per heavy atom. The smallest absolute Gasteiger partial charge is 0.416 e. The fourth-order valence-corrected chi connectivity index (χ4v) is 10.9. The summed E-state index contributed by atoms with van der Waals surface area (Å²) in [5.41, 5.74) is 3.78. The lowest BCUT2D eigenvalue weighted by atomic mass is 9.92. The third-order valence-electron chi connectivity index (χ3n) is 8.75. The van der Waals surface area contributed by atoms with Crippen molar-refractivity contribution in [1.29, 1.82) is 0 Å². The lowest BCUT2D eigenvalue weighted by molar-refractivity contribution is 0.134. The van der Waals surface area contributed by atoms with E-state index >= 15 is 0 Å². The summed E-state index contributed by atoms with van der Waals surface area (Å²) in [6, 6.07) is 19.1. The molecule has 0 saturated carbocycles. The zero-order chi connectivity index (χ0) is 32.6. The van der Waals surface area contributed by atoms with Crippen molar-refractivity contribution in [2.75, 3.05) is 25.4 Å². The van der Waals surface area contributed by atoms with Crippen molar-refractivity contribution >= 4 is 46.7 Å². The summed E-state index contributed by atoms with van der Waals surface area (Å²) in [6.07, 6.45) is 1.24. The molecule has 0 spiro atoms. The van der Waals surface area contributed by atoms with Gasteiger partial charge in [0.05, 0.1) is 5.75 Å². The molecule has 1 atom stereocenters. The number of H-pyrrole nitrogens is 1. The molecule has 3 heterocycles. The van der Waals surface area contributed by atoms with E-state index in [9.17, 15) is 17.6 Å². The first-order valence-electron chi connectivity index (χ1n) is 15.6. The molecule has 2 aliphatic heterocycles. The fraction of sp³-hybridized carbons (Fsp3) is 0.382. The standard InChI is InChI=1S/C34H39ClFN3O5SSi/c1-46(2,3)21-20-45(41,42)38-17-14-28(15-18-38)43-26-9-4-23(5-10-26)33-32-29(30-22-24(35)6-13-31(30)37-32)16-19-39(33)34(40)44-27-11-7-25(36)8-12-27/h4-13,22,28,33,37H,14-21H2,1-3H3/t33-/m0/s1. The zero-order valence-corrected chi connectivity index (χ0v) is 28.8. The van der Waals surface area contributed by atoms with Crippen LogP contribution in [-0.4, -0.2) is 68.3 Å². The Bertz CT molecular complexity index is 1820. The molecule has 46 heavy (non-hydrogen) atoms. The molecule has 1 saturated heterocycles. The van der Waals surface area contributed by atoms with Crippen LogP contribution in [0.1, 0.15) is 35.7 Å². The number of aromatic amines is 1. The molecule has 4 aromatic rings. The molecule has 244 valence electrons. The van der Waals surface area contributed by atoms with Gasteiger partial charge in [0.2, 0.25) is 10.0 Å². The van der Waals surface area contributed by atoms with E-state index in [1.807, 2.05) is 42.5 Å². The monoisotopic (exact) mass is 683 g/mol. The normalized spacial score (nSPS) is 18.0. The van der Waals surface area contributed by atoms with Crippen LogP contribution in [0.5, 0.6) is 11.5 Å². The number of rotatable bonds is 8. The van der Waals surface area contributed by atoms with E-state index in [2.05, 4.69) is 24.6 Å². The second-order valence-corrected chi connectivity index (χ2v) is 21.4. The van der Waals surface area contributed by atoms with Gasteiger partial charge in [-0.3, -0.25) is 4.90 Å². The van der Waals surface area contributed by atoms with Crippen LogP contribution in [0, 0.1) is 5.82 Å². The molecule has 1 N–H and O–H groups in total. The molecular weight excluding hydrogens is 645 g/mol. The Hall–Kier alpha value is -3.38. The molecule has 1 aromatic heterocycles. The van der Waals surface area contributed by atoms with Gasteiger partial charge in [-0.05, 0) is 91.0 Å². The van der Waals surface area contributed by atoms with Crippen molar-refractivity contribution < 1.29 is 27.1 Å². The number of halogens is 2. The minimum Gasteiger partial charge on any atom is -0.490 e. The van der Waals surface area contributed by atoms with Gasteiger partial charge in [0.1, 0.15) is 29.5 Å². The van der Waals surface area contributed by atoms with Crippen molar-refractivity contribution in [3.05, 3.63) is 94.4 Å². The number of hydrogen-bond acceptors (Lipinski definition) is 5. The Morgan fingerprint density at radius 1 is 0.978 bits per heavy atom. The number of carbonyl (C=O) groups excluding carboxylic acids is 1. The first-order chi connectivity index (χ1) is 21.9. The van der Waals surface area contributed by atoms with Crippen LogP contribution in [0.4, 0.5) is 9.18 Å². The number of aromatic nitrogens is 1. The van der Waals surface area contributed by atoms with E-state index in [4.69, 9.17) is 21.1 Å². The second kappa shape index (κ2) is 13.0. The van der Waals surface area contributed by atoms with Crippen LogP contribution >= 0.6 is 11.6 Å². The Kier molecular flexibility index (Phi) is 9.21. The van der Waals surface area contributed by atoms with Crippen molar-refractivity contribution in [3.63, 3.8) is 0 Å². The number of nitrogens with zero attached hydrogens (tertiary/aromatic N) is 2. The number of sulfonamides is 1. The van der Waals surface area contributed by atoms with Crippen molar-refractivity contribution in [3.8, 4) is 11.5 Å². The number of hydrogen-bond donors (Lipinski definition) is 1. The van der Waals surface area contributed by atoms with Crippen molar-refractivity contribution in [1.82, 2.24) is 14.2 Å². The number of carbonyl (C=O) groups is 1. The number of nitrogens with one attached hydrogen (secondary N) is 1. The van der Waals surface area contributed by atoms with Gasteiger partial charge in [-0.2, -0.15) is 0 Å². The van der Waals surface area contributed by atoms with Crippen LogP contribution < -0.4 is 9.47 Å². The maximum Gasteiger partial charge on any atom is 0.416 e. The van der Waals surface area contributed by atoms with E-state index in [1.165, 1.54) is 24.3 Å². The van der Waals surface area contributed by atoms with Gasteiger partial charge in [-0.15, -0.1) is 0 Å². The van der Waals surface area contributed by atoms with E-state index < -0.39 is 36.0 Å². The van der Waals surface area contributed by atoms with Crippen molar-refractivity contribution in [2.45, 2.75) is 57.1 Å². The highest BCUT2D eigenvalue weighted by atomic mass is 35.5. The molecule has 8 nitrogen and oxygen atoms in total. The van der Waals surface area contributed by atoms with Gasteiger partial charge < -0.3 is 14.5 Å². The Balaban J connectivity index is 1.19. The van der Waals surface area contributed by atoms with Gasteiger partial charge in [-0.25, -0.2) is 21.9 Å². The number of piperidine rings is 1. The minimum absolute atomic E-state index is 0.0868. The van der Waals surface area contributed by atoms with Gasteiger partial charge in [-0.1, -0.05) is 43.4 Å². The lowest BCUT2D eigenvalue weighted by Gasteiger charge is -2.35.